The monoisotopic (exact) mass is 428 g/mol. The van der Waals surface area contributed by atoms with Crippen molar-refractivity contribution in [3.05, 3.63) is 46.8 Å². The zero-order chi connectivity index (χ0) is 21.0. The van der Waals surface area contributed by atoms with Crippen LogP contribution in [0.5, 0.6) is 0 Å². The first kappa shape index (κ1) is 19.9. The molecule has 1 atom stereocenters. The molecule has 3 aliphatic rings. The minimum atomic E-state index is -4.82. The van der Waals surface area contributed by atoms with Gasteiger partial charge in [-0.05, 0) is 38.3 Å². The van der Waals surface area contributed by atoms with Crippen LogP contribution in [-0.4, -0.2) is 34.0 Å². The molecule has 1 spiro atoms. The Hall–Kier alpha value is -2.42. The van der Waals surface area contributed by atoms with Gasteiger partial charge in [0, 0.05) is 5.56 Å². The summed E-state index contributed by atoms with van der Waals surface area (Å²) in [6, 6.07) is 1.98. The van der Waals surface area contributed by atoms with Gasteiger partial charge in [-0.1, -0.05) is 23.7 Å². The van der Waals surface area contributed by atoms with Crippen LogP contribution in [0.4, 0.5) is 17.6 Å². The van der Waals surface area contributed by atoms with Crippen LogP contribution in [0, 0.1) is 5.82 Å². The SMILES string of the molecule is C[C@@H](NC(=O)C1=CC(Cl)=NN2C1=NCC21CCC1)c1cccc(C(F)(F)F)c1F. The zero-order valence-electron chi connectivity index (χ0n) is 15.4. The molecule has 0 aromatic heterocycles. The molecule has 1 fully saturated rings. The Balaban J connectivity index is 1.57. The summed E-state index contributed by atoms with van der Waals surface area (Å²) in [5.74, 6) is -1.64. The summed E-state index contributed by atoms with van der Waals surface area (Å²) in [5.41, 5.74) is -1.73. The number of amides is 1. The van der Waals surface area contributed by atoms with E-state index in [1.54, 1.807) is 5.01 Å². The summed E-state index contributed by atoms with van der Waals surface area (Å²) in [7, 11) is 0. The minimum Gasteiger partial charge on any atom is -0.345 e. The topological polar surface area (TPSA) is 57.1 Å². The molecule has 10 heteroatoms. The molecule has 1 aromatic rings. The van der Waals surface area contributed by atoms with Crippen molar-refractivity contribution in [1.29, 1.82) is 0 Å². The van der Waals surface area contributed by atoms with Crippen LogP contribution < -0.4 is 5.32 Å². The molecule has 2 aliphatic heterocycles. The van der Waals surface area contributed by atoms with Gasteiger partial charge in [-0.25, -0.2) is 9.40 Å². The predicted octanol–water partition coefficient (Wildman–Crippen LogP) is 4.15. The molecule has 4 rings (SSSR count). The summed E-state index contributed by atoms with van der Waals surface area (Å²) in [5, 5.41) is 8.61. The number of hydrogen-bond donors (Lipinski definition) is 1. The summed E-state index contributed by atoms with van der Waals surface area (Å²) >= 11 is 6.09. The third-order valence-corrected chi connectivity index (χ3v) is 5.73. The van der Waals surface area contributed by atoms with Crippen molar-refractivity contribution in [2.75, 3.05) is 6.54 Å². The second-order valence-corrected chi connectivity index (χ2v) is 7.80. The number of amidine groups is 1. The normalized spacial score (nSPS) is 21.0. The zero-order valence-corrected chi connectivity index (χ0v) is 16.1. The Labute approximate surface area is 169 Å². The Kier molecular flexibility index (Phi) is 4.68. The van der Waals surface area contributed by atoms with Crippen LogP contribution in [0.3, 0.4) is 0 Å². The second-order valence-electron chi connectivity index (χ2n) is 7.41. The predicted molar refractivity (Wildman–Crippen MR) is 100 cm³/mol. The van der Waals surface area contributed by atoms with Gasteiger partial charge >= 0.3 is 6.18 Å². The third-order valence-electron chi connectivity index (χ3n) is 5.55. The first-order valence-electron chi connectivity index (χ1n) is 9.10. The van der Waals surface area contributed by atoms with Gasteiger partial charge in [-0.15, -0.1) is 0 Å². The largest absolute Gasteiger partial charge is 0.419 e. The fraction of sp³-hybridized carbons (Fsp3) is 0.421. The molecule has 0 bridgehead atoms. The summed E-state index contributed by atoms with van der Waals surface area (Å²) in [6.07, 6.45) is -0.665. The van der Waals surface area contributed by atoms with Crippen LogP contribution in [0.1, 0.15) is 43.4 Å². The summed E-state index contributed by atoms with van der Waals surface area (Å²) < 4.78 is 53.3. The Morgan fingerprint density at radius 1 is 1.34 bits per heavy atom. The van der Waals surface area contributed by atoms with Crippen LogP contribution in [-0.2, 0) is 11.0 Å². The number of halogens is 5. The van der Waals surface area contributed by atoms with Crippen molar-refractivity contribution in [2.24, 2.45) is 10.1 Å². The van der Waals surface area contributed by atoms with Crippen LogP contribution >= 0.6 is 11.6 Å². The maximum absolute atomic E-state index is 14.4. The van der Waals surface area contributed by atoms with Crippen LogP contribution in [0.15, 0.2) is 39.9 Å². The number of alkyl halides is 3. The van der Waals surface area contributed by atoms with Gasteiger partial charge in [0.25, 0.3) is 5.91 Å². The lowest BCUT2D eigenvalue weighted by atomic mass is 9.77. The highest BCUT2D eigenvalue weighted by molar-refractivity contribution is 6.69. The fourth-order valence-electron chi connectivity index (χ4n) is 3.82. The molecule has 154 valence electrons. The van der Waals surface area contributed by atoms with Gasteiger partial charge in [-0.2, -0.15) is 18.3 Å². The van der Waals surface area contributed by atoms with Crippen molar-refractivity contribution in [1.82, 2.24) is 10.3 Å². The van der Waals surface area contributed by atoms with E-state index in [0.717, 1.165) is 25.3 Å². The highest BCUT2D eigenvalue weighted by Crippen LogP contribution is 2.43. The number of benzene rings is 1. The van der Waals surface area contributed by atoms with Crippen molar-refractivity contribution in [3.8, 4) is 0 Å². The van der Waals surface area contributed by atoms with Gasteiger partial charge < -0.3 is 5.32 Å². The lowest BCUT2D eigenvalue weighted by Gasteiger charge is -2.44. The molecule has 0 unspecified atom stereocenters. The molecule has 1 aliphatic carbocycles. The number of aliphatic imine (C=N–C) groups is 1. The molecule has 29 heavy (non-hydrogen) atoms. The highest BCUT2D eigenvalue weighted by Gasteiger charge is 2.50. The minimum absolute atomic E-state index is 0.111. The maximum Gasteiger partial charge on any atom is 0.419 e. The first-order chi connectivity index (χ1) is 13.6. The van der Waals surface area contributed by atoms with Crippen molar-refractivity contribution in [2.45, 2.75) is 43.9 Å². The van der Waals surface area contributed by atoms with Gasteiger partial charge in [0.15, 0.2) is 11.0 Å². The van der Waals surface area contributed by atoms with Crippen LogP contribution in [0.25, 0.3) is 0 Å². The average Bonchev–Trinajstić information content (AvgIpc) is 2.99. The van der Waals surface area contributed by atoms with Gasteiger partial charge in [0.1, 0.15) is 5.82 Å². The van der Waals surface area contributed by atoms with Gasteiger partial charge in [-0.3, -0.25) is 9.79 Å². The van der Waals surface area contributed by atoms with Crippen molar-refractivity contribution in [3.63, 3.8) is 0 Å². The Morgan fingerprint density at radius 2 is 2.07 bits per heavy atom. The summed E-state index contributed by atoms with van der Waals surface area (Å²) in [4.78, 5) is 17.3. The van der Waals surface area contributed by atoms with Crippen LogP contribution in [0.2, 0.25) is 0 Å². The first-order valence-corrected chi connectivity index (χ1v) is 9.47. The van der Waals surface area contributed by atoms with Gasteiger partial charge in [0.05, 0.1) is 29.3 Å². The fourth-order valence-corrected chi connectivity index (χ4v) is 4.00. The molecule has 5 nitrogen and oxygen atoms in total. The number of fused-ring (bicyclic) bond motifs is 2. The Bertz CT molecular complexity index is 965. The van der Waals surface area contributed by atoms with E-state index < -0.39 is 29.5 Å². The van der Waals surface area contributed by atoms with Crippen molar-refractivity contribution >= 4 is 28.5 Å². The third kappa shape index (κ3) is 3.31. The molecule has 1 N–H and O–H groups in total. The van der Waals surface area contributed by atoms with E-state index >= 15 is 0 Å². The number of allylic oxidation sites excluding steroid dienone is 1. The number of rotatable bonds is 3. The van der Waals surface area contributed by atoms with E-state index in [1.807, 2.05) is 0 Å². The number of hydrazone groups is 1. The molecule has 0 radical (unpaired) electrons. The molecule has 2 heterocycles. The van der Waals surface area contributed by atoms with E-state index in [4.69, 9.17) is 11.6 Å². The number of carbonyl (C=O) groups is 1. The lowest BCUT2D eigenvalue weighted by molar-refractivity contribution is -0.140. The number of hydrogen-bond acceptors (Lipinski definition) is 4. The molecule has 1 aromatic carbocycles. The standard InChI is InChI=1S/C19H17ClF4N4O/c1-10(11-4-2-5-13(15(11)21)19(22,23)24)26-17(29)12-8-14(20)27-28-16(12)25-9-18(28)6-3-7-18/h2,4-5,8,10H,3,6-7,9H2,1H3,(H,26,29)/t10-/m1/s1. The molecule has 1 amide bonds. The second kappa shape index (κ2) is 6.83. The van der Waals surface area contributed by atoms with E-state index in [9.17, 15) is 22.4 Å². The van der Waals surface area contributed by atoms with E-state index in [0.29, 0.717) is 18.4 Å². The van der Waals surface area contributed by atoms with E-state index in [2.05, 4.69) is 15.4 Å². The van der Waals surface area contributed by atoms with Crippen molar-refractivity contribution < 1.29 is 22.4 Å². The molecule has 1 saturated carbocycles. The summed E-state index contributed by atoms with van der Waals surface area (Å²) in [6.45, 7) is 1.91. The quantitative estimate of drug-likeness (QED) is 0.735. The number of nitrogens with zero attached hydrogens (tertiary/aromatic N) is 3. The average molecular weight is 429 g/mol. The number of nitrogens with one attached hydrogen (secondary N) is 1. The van der Waals surface area contributed by atoms with E-state index in [-0.39, 0.29) is 21.8 Å². The van der Waals surface area contributed by atoms with Gasteiger partial charge in [0.2, 0.25) is 0 Å². The lowest BCUT2D eigenvalue weighted by Crippen LogP contribution is -2.53. The molecule has 0 saturated heterocycles. The number of carbonyl (C=O) groups excluding carboxylic acids is 1. The molecular formula is C19H17ClF4N4O. The maximum atomic E-state index is 14.4. The smallest absolute Gasteiger partial charge is 0.345 e. The van der Waals surface area contributed by atoms with E-state index in [1.165, 1.54) is 19.1 Å². The highest BCUT2D eigenvalue weighted by atomic mass is 35.5. The Morgan fingerprint density at radius 3 is 2.69 bits per heavy atom. The molecular weight excluding hydrogens is 412 g/mol.